The molecule has 0 radical (unpaired) electrons. The molecule has 0 bridgehead atoms. The number of ether oxygens (including phenoxy) is 2. The van der Waals surface area contributed by atoms with Gasteiger partial charge in [0.15, 0.2) is 0 Å². The zero-order valence-corrected chi connectivity index (χ0v) is 9.27. The van der Waals surface area contributed by atoms with Gasteiger partial charge in [0.1, 0.15) is 5.75 Å². The van der Waals surface area contributed by atoms with Gasteiger partial charge in [0.25, 0.3) is 0 Å². The van der Waals surface area contributed by atoms with E-state index >= 15 is 0 Å². The fourth-order valence-corrected chi connectivity index (χ4v) is 1.48. The van der Waals surface area contributed by atoms with Crippen LogP contribution in [0.15, 0.2) is 24.3 Å². The Labute approximate surface area is 90.6 Å². The van der Waals surface area contributed by atoms with Gasteiger partial charge in [-0.3, -0.25) is 0 Å². The van der Waals surface area contributed by atoms with Gasteiger partial charge in [-0.25, -0.2) is 0 Å². The molecule has 1 rings (SSSR count). The third-order valence-corrected chi connectivity index (χ3v) is 2.15. The summed E-state index contributed by atoms with van der Waals surface area (Å²) in [5.74, 6) is 0.290. The van der Waals surface area contributed by atoms with Crippen LogP contribution < -0.4 is 0 Å². The molecule has 0 amide bonds. The summed E-state index contributed by atoms with van der Waals surface area (Å²) in [7, 11) is 1.67. The molecular formula is C12H18O3. The maximum atomic E-state index is 9.14. The molecule has 0 fully saturated rings. The Morgan fingerprint density at radius 1 is 1.27 bits per heavy atom. The van der Waals surface area contributed by atoms with Crippen molar-refractivity contribution in [3.8, 4) is 5.75 Å². The van der Waals surface area contributed by atoms with Gasteiger partial charge in [-0.2, -0.15) is 0 Å². The minimum Gasteiger partial charge on any atom is -0.508 e. The standard InChI is InChI=1S/C12H18O3/c1-3-15-12(9-14-2)8-10-4-6-11(13)7-5-10/h4-7,12-13H,3,8-9H2,1-2H3. The quantitative estimate of drug-likeness (QED) is 0.780. The van der Waals surface area contributed by atoms with Crippen molar-refractivity contribution in [1.29, 1.82) is 0 Å². The van der Waals surface area contributed by atoms with E-state index in [0.717, 1.165) is 12.0 Å². The maximum absolute atomic E-state index is 9.14. The van der Waals surface area contributed by atoms with Gasteiger partial charge in [0, 0.05) is 20.1 Å². The van der Waals surface area contributed by atoms with E-state index in [1.54, 1.807) is 19.2 Å². The van der Waals surface area contributed by atoms with Crippen LogP contribution in [0.4, 0.5) is 0 Å². The molecule has 0 aliphatic rings. The third-order valence-electron chi connectivity index (χ3n) is 2.15. The highest BCUT2D eigenvalue weighted by Gasteiger charge is 2.08. The number of phenols is 1. The smallest absolute Gasteiger partial charge is 0.115 e. The molecule has 0 spiro atoms. The van der Waals surface area contributed by atoms with Crippen LogP contribution in [0.3, 0.4) is 0 Å². The molecule has 0 aromatic heterocycles. The molecular weight excluding hydrogens is 192 g/mol. The van der Waals surface area contributed by atoms with E-state index in [1.807, 2.05) is 19.1 Å². The number of rotatable bonds is 6. The Morgan fingerprint density at radius 3 is 2.47 bits per heavy atom. The number of hydrogen-bond acceptors (Lipinski definition) is 3. The zero-order chi connectivity index (χ0) is 11.1. The highest BCUT2D eigenvalue weighted by atomic mass is 16.5. The second kappa shape index (κ2) is 6.43. The molecule has 0 aliphatic heterocycles. The fraction of sp³-hybridized carbons (Fsp3) is 0.500. The summed E-state index contributed by atoms with van der Waals surface area (Å²) < 4.78 is 10.6. The highest BCUT2D eigenvalue weighted by Crippen LogP contribution is 2.12. The summed E-state index contributed by atoms with van der Waals surface area (Å²) >= 11 is 0. The molecule has 1 N–H and O–H groups in total. The molecule has 1 unspecified atom stereocenters. The van der Waals surface area contributed by atoms with E-state index in [2.05, 4.69) is 0 Å². The molecule has 3 heteroatoms. The minimum absolute atomic E-state index is 0.0875. The molecule has 0 heterocycles. The van der Waals surface area contributed by atoms with Gasteiger partial charge in [0.05, 0.1) is 12.7 Å². The molecule has 15 heavy (non-hydrogen) atoms. The molecule has 84 valence electrons. The predicted molar refractivity (Wildman–Crippen MR) is 59.1 cm³/mol. The number of phenolic OH excluding ortho intramolecular Hbond substituents is 1. The lowest BCUT2D eigenvalue weighted by molar-refractivity contribution is 0.00474. The first-order valence-corrected chi connectivity index (χ1v) is 5.14. The average Bonchev–Trinajstić information content (AvgIpc) is 2.22. The number of aromatic hydroxyl groups is 1. The number of benzene rings is 1. The van der Waals surface area contributed by atoms with Crippen LogP contribution in [0.25, 0.3) is 0 Å². The van der Waals surface area contributed by atoms with Crippen molar-refractivity contribution in [2.75, 3.05) is 20.3 Å². The Hall–Kier alpha value is -1.06. The predicted octanol–water partition coefficient (Wildman–Crippen LogP) is 1.99. The lowest BCUT2D eigenvalue weighted by Gasteiger charge is -2.15. The van der Waals surface area contributed by atoms with Crippen molar-refractivity contribution in [2.24, 2.45) is 0 Å². The van der Waals surface area contributed by atoms with Crippen LogP contribution in [0.2, 0.25) is 0 Å². The summed E-state index contributed by atoms with van der Waals surface area (Å²) in [6.45, 7) is 3.25. The van der Waals surface area contributed by atoms with Crippen molar-refractivity contribution in [3.05, 3.63) is 29.8 Å². The summed E-state index contributed by atoms with van der Waals surface area (Å²) in [5.41, 5.74) is 1.14. The second-order valence-electron chi connectivity index (χ2n) is 3.40. The fourth-order valence-electron chi connectivity index (χ4n) is 1.48. The van der Waals surface area contributed by atoms with Crippen LogP contribution in [-0.4, -0.2) is 31.5 Å². The molecule has 0 saturated heterocycles. The Kier molecular flexibility index (Phi) is 5.15. The minimum atomic E-state index is 0.0875. The summed E-state index contributed by atoms with van der Waals surface area (Å²) in [6, 6.07) is 7.17. The van der Waals surface area contributed by atoms with Crippen molar-refractivity contribution in [1.82, 2.24) is 0 Å². The third kappa shape index (κ3) is 4.32. The average molecular weight is 210 g/mol. The van der Waals surface area contributed by atoms with Gasteiger partial charge < -0.3 is 14.6 Å². The molecule has 0 aliphatic carbocycles. The lowest BCUT2D eigenvalue weighted by atomic mass is 10.1. The molecule has 0 saturated carbocycles. The number of hydrogen-bond donors (Lipinski definition) is 1. The van der Waals surface area contributed by atoms with Crippen molar-refractivity contribution < 1.29 is 14.6 Å². The van der Waals surface area contributed by atoms with Crippen LogP contribution in [0, 0.1) is 0 Å². The Bertz CT molecular complexity index is 263. The van der Waals surface area contributed by atoms with Crippen molar-refractivity contribution >= 4 is 0 Å². The van der Waals surface area contributed by atoms with E-state index in [1.165, 1.54) is 0 Å². The van der Waals surface area contributed by atoms with Crippen molar-refractivity contribution in [2.45, 2.75) is 19.4 Å². The van der Waals surface area contributed by atoms with E-state index in [0.29, 0.717) is 19.0 Å². The first-order chi connectivity index (χ1) is 7.26. The van der Waals surface area contributed by atoms with Crippen LogP contribution in [-0.2, 0) is 15.9 Å². The SMILES string of the molecule is CCOC(COC)Cc1ccc(O)cc1. The van der Waals surface area contributed by atoms with Gasteiger partial charge in [-0.15, -0.1) is 0 Å². The maximum Gasteiger partial charge on any atom is 0.115 e. The first kappa shape index (κ1) is 12.0. The van der Waals surface area contributed by atoms with Crippen LogP contribution in [0.5, 0.6) is 5.75 Å². The van der Waals surface area contributed by atoms with E-state index in [-0.39, 0.29) is 6.10 Å². The monoisotopic (exact) mass is 210 g/mol. The van der Waals surface area contributed by atoms with Gasteiger partial charge in [-0.1, -0.05) is 12.1 Å². The lowest BCUT2D eigenvalue weighted by Crippen LogP contribution is -2.21. The van der Waals surface area contributed by atoms with Gasteiger partial charge >= 0.3 is 0 Å². The van der Waals surface area contributed by atoms with Crippen molar-refractivity contribution in [3.63, 3.8) is 0 Å². The Balaban J connectivity index is 2.53. The van der Waals surface area contributed by atoms with E-state index < -0.39 is 0 Å². The van der Waals surface area contributed by atoms with Gasteiger partial charge in [-0.05, 0) is 24.6 Å². The molecule has 1 aromatic rings. The van der Waals surface area contributed by atoms with Gasteiger partial charge in [0.2, 0.25) is 0 Å². The molecule has 3 nitrogen and oxygen atoms in total. The molecule has 1 atom stereocenters. The second-order valence-corrected chi connectivity index (χ2v) is 3.40. The Morgan fingerprint density at radius 2 is 1.93 bits per heavy atom. The largest absolute Gasteiger partial charge is 0.508 e. The van der Waals surface area contributed by atoms with Crippen LogP contribution in [0.1, 0.15) is 12.5 Å². The summed E-state index contributed by atoms with van der Waals surface area (Å²) in [6.07, 6.45) is 0.895. The topological polar surface area (TPSA) is 38.7 Å². The van der Waals surface area contributed by atoms with E-state index in [4.69, 9.17) is 14.6 Å². The summed E-state index contributed by atoms with van der Waals surface area (Å²) in [4.78, 5) is 0. The number of methoxy groups -OCH3 is 1. The molecule has 1 aromatic carbocycles. The highest BCUT2D eigenvalue weighted by molar-refractivity contribution is 5.26. The van der Waals surface area contributed by atoms with E-state index in [9.17, 15) is 0 Å². The van der Waals surface area contributed by atoms with Crippen LogP contribution >= 0.6 is 0 Å². The zero-order valence-electron chi connectivity index (χ0n) is 9.27. The summed E-state index contributed by atoms with van der Waals surface area (Å²) in [5, 5.41) is 9.14. The first-order valence-electron chi connectivity index (χ1n) is 5.14. The normalized spacial score (nSPS) is 12.7.